The first-order valence-corrected chi connectivity index (χ1v) is 11.8. The molecule has 2 rings (SSSR count). The molecular weight excluding hydrogens is 474 g/mol. The third-order valence-electron chi connectivity index (χ3n) is 4.45. The molecule has 0 spiro atoms. The summed E-state index contributed by atoms with van der Waals surface area (Å²) in [6.45, 7) is 3.04. The van der Waals surface area contributed by atoms with Gasteiger partial charge in [-0.1, -0.05) is 12.0 Å². The van der Waals surface area contributed by atoms with Gasteiger partial charge in [-0.05, 0) is 43.6 Å². The van der Waals surface area contributed by atoms with E-state index in [1.807, 2.05) is 6.07 Å². The summed E-state index contributed by atoms with van der Waals surface area (Å²) in [5.41, 5.74) is -1.69. The van der Waals surface area contributed by atoms with Crippen LogP contribution < -0.4 is 8.92 Å². The van der Waals surface area contributed by atoms with Crippen LogP contribution in [0.5, 0.6) is 11.5 Å². The van der Waals surface area contributed by atoms with Crippen molar-refractivity contribution < 1.29 is 52.1 Å². The molecule has 188 valence electrons. The minimum absolute atomic E-state index is 0.0628. The maximum absolute atomic E-state index is 11.3. The van der Waals surface area contributed by atoms with Crippen molar-refractivity contribution in [2.24, 2.45) is 0 Å². The molecule has 0 bridgehead atoms. The van der Waals surface area contributed by atoms with E-state index in [0.717, 1.165) is 31.5 Å². The van der Waals surface area contributed by atoms with Crippen LogP contribution in [0.3, 0.4) is 0 Å². The molecule has 1 aromatic carbocycles. The summed E-state index contributed by atoms with van der Waals surface area (Å²) >= 11 is 0. The quantitative estimate of drug-likeness (QED) is 0.241. The van der Waals surface area contributed by atoms with Crippen LogP contribution in [0.1, 0.15) is 31.2 Å². The number of hydrogen-bond acceptors (Lipinski definition) is 9. The smallest absolute Gasteiger partial charge is 0.336 e. The number of ether oxygens (including phenoxy) is 1. The predicted molar refractivity (Wildman–Crippen MR) is 118 cm³/mol. The van der Waals surface area contributed by atoms with Gasteiger partial charge in [0.1, 0.15) is 6.61 Å². The lowest BCUT2D eigenvalue weighted by atomic mass is 9.96. The van der Waals surface area contributed by atoms with Gasteiger partial charge in [-0.25, -0.2) is 4.79 Å². The maximum Gasteiger partial charge on any atom is 0.336 e. The summed E-state index contributed by atoms with van der Waals surface area (Å²) in [4.78, 5) is 32.8. The minimum atomic E-state index is -3.60. The van der Waals surface area contributed by atoms with Gasteiger partial charge in [-0.2, -0.15) is 8.42 Å². The highest BCUT2D eigenvalue weighted by Crippen LogP contribution is 2.30. The Morgan fingerprint density at radius 1 is 1.09 bits per heavy atom. The Morgan fingerprint density at radius 3 is 2.09 bits per heavy atom. The Balaban J connectivity index is 0.000000385. The molecule has 0 radical (unpaired) electrons. The van der Waals surface area contributed by atoms with Gasteiger partial charge in [0.15, 0.2) is 17.1 Å². The van der Waals surface area contributed by atoms with Gasteiger partial charge in [-0.15, -0.1) is 6.42 Å². The second kappa shape index (κ2) is 12.8. The van der Waals surface area contributed by atoms with Crippen molar-refractivity contribution in [3.63, 3.8) is 0 Å². The molecule has 1 aromatic rings. The molecule has 1 aliphatic heterocycles. The zero-order valence-corrected chi connectivity index (χ0v) is 19.3. The summed E-state index contributed by atoms with van der Waals surface area (Å²) in [5.74, 6) is -2.14. The Hall–Kier alpha value is -3.34. The van der Waals surface area contributed by atoms with Crippen LogP contribution in [0.15, 0.2) is 18.2 Å². The van der Waals surface area contributed by atoms with E-state index in [9.17, 15) is 22.8 Å². The number of terminal acetylenes is 1. The van der Waals surface area contributed by atoms with Crippen molar-refractivity contribution in [1.29, 1.82) is 0 Å². The fourth-order valence-corrected chi connectivity index (χ4v) is 3.49. The highest BCUT2D eigenvalue weighted by atomic mass is 32.2. The van der Waals surface area contributed by atoms with Crippen molar-refractivity contribution in [3.8, 4) is 23.8 Å². The number of rotatable bonds is 11. The third kappa shape index (κ3) is 10.5. The van der Waals surface area contributed by atoms with Gasteiger partial charge in [0.05, 0.1) is 19.1 Å². The fraction of sp³-hybridized carbons (Fsp3) is 0.476. The summed E-state index contributed by atoms with van der Waals surface area (Å²) in [6.07, 6.45) is 6.33. The molecule has 34 heavy (non-hydrogen) atoms. The normalized spacial score (nSPS) is 13.8. The van der Waals surface area contributed by atoms with Crippen molar-refractivity contribution in [2.45, 2.75) is 37.8 Å². The molecule has 12 nitrogen and oxygen atoms in total. The van der Waals surface area contributed by atoms with E-state index in [0.29, 0.717) is 5.75 Å². The Labute approximate surface area is 196 Å². The van der Waals surface area contributed by atoms with E-state index in [1.165, 1.54) is 12.8 Å². The summed E-state index contributed by atoms with van der Waals surface area (Å²) < 4.78 is 32.8. The Kier molecular flexibility index (Phi) is 10.8. The van der Waals surface area contributed by atoms with E-state index in [2.05, 4.69) is 10.8 Å². The maximum atomic E-state index is 11.3. The van der Waals surface area contributed by atoms with Gasteiger partial charge in [0, 0.05) is 6.54 Å². The van der Waals surface area contributed by atoms with Crippen molar-refractivity contribution in [3.05, 3.63) is 23.8 Å². The largest absolute Gasteiger partial charge is 0.481 e. The first-order valence-electron chi connectivity index (χ1n) is 9.96. The van der Waals surface area contributed by atoms with Gasteiger partial charge in [0.2, 0.25) is 0 Å². The van der Waals surface area contributed by atoms with Crippen molar-refractivity contribution >= 4 is 28.0 Å². The number of carboxylic acid groups (broad SMARTS) is 3. The lowest BCUT2D eigenvalue weighted by Gasteiger charge is -2.18. The van der Waals surface area contributed by atoms with Crippen LogP contribution in [-0.2, 0) is 31.0 Å². The average Bonchev–Trinajstić information content (AvgIpc) is 3.19. The van der Waals surface area contributed by atoms with Crippen LogP contribution in [0.4, 0.5) is 0 Å². The first-order chi connectivity index (χ1) is 15.8. The topological polar surface area (TPSA) is 188 Å². The van der Waals surface area contributed by atoms with Gasteiger partial charge in [0.25, 0.3) is 0 Å². The van der Waals surface area contributed by atoms with E-state index in [4.69, 9.17) is 35.8 Å². The Bertz CT molecular complexity index is 1010. The Morgan fingerprint density at radius 2 is 1.65 bits per heavy atom. The fourth-order valence-electron chi connectivity index (χ4n) is 3.03. The SMILES string of the molecule is C#CCOc1cc(CN2CCCC2)ccc1OS(C)(=O)=O.O=C(O)CC(O)(CC(=O)O)C(=O)O. The summed E-state index contributed by atoms with van der Waals surface area (Å²) in [5, 5.41) is 33.8. The number of nitrogens with zero attached hydrogens (tertiary/aromatic N) is 1. The summed E-state index contributed by atoms with van der Waals surface area (Å²) in [6, 6.07) is 5.25. The average molecular weight is 502 g/mol. The number of likely N-dealkylation sites (tertiary alicyclic amines) is 1. The molecule has 0 saturated carbocycles. The molecule has 1 aliphatic rings. The number of aliphatic carboxylic acids is 3. The number of hydrogen-bond donors (Lipinski definition) is 4. The molecule has 1 fully saturated rings. The predicted octanol–water partition coefficient (Wildman–Crippen LogP) is 0.384. The zero-order valence-electron chi connectivity index (χ0n) is 18.5. The molecule has 1 heterocycles. The summed E-state index contributed by atoms with van der Waals surface area (Å²) in [7, 11) is -3.60. The molecule has 13 heteroatoms. The van der Waals surface area contributed by atoms with Gasteiger partial charge >= 0.3 is 28.0 Å². The van der Waals surface area contributed by atoms with Crippen LogP contribution in [0.25, 0.3) is 0 Å². The van der Waals surface area contributed by atoms with E-state index in [1.54, 1.807) is 12.1 Å². The molecule has 0 aromatic heterocycles. The van der Waals surface area contributed by atoms with Gasteiger partial charge in [-0.3, -0.25) is 14.5 Å². The number of aliphatic hydroxyl groups is 1. The number of carbonyl (C=O) groups is 3. The highest BCUT2D eigenvalue weighted by Gasteiger charge is 2.40. The molecule has 1 saturated heterocycles. The lowest BCUT2D eigenvalue weighted by Crippen LogP contribution is -2.42. The van der Waals surface area contributed by atoms with E-state index >= 15 is 0 Å². The van der Waals surface area contributed by atoms with E-state index in [-0.39, 0.29) is 12.4 Å². The monoisotopic (exact) mass is 501 g/mol. The standard InChI is InChI=1S/C15H19NO4S.C6H8O7/c1-3-10-19-15-11-13(12-16-8-4-5-9-16)6-7-14(15)20-21(2,17)18;7-3(8)1-6(13,5(11)12)2-4(9)10/h1,6-7,11H,4-5,8-10,12H2,2H3;13H,1-2H2,(H,7,8)(H,9,10)(H,11,12). The molecular formula is C21H27NO11S. The lowest BCUT2D eigenvalue weighted by molar-refractivity contribution is -0.170. The molecule has 0 amide bonds. The van der Waals surface area contributed by atoms with Crippen LogP contribution in [0, 0.1) is 12.3 Å². The van der Waals surface area contributed by atoms with Crippen molar-refractivity contribution in [2.75, 3.05) is 26.0 Å². The third-order valence-corrected chi connectivity index (χ3v) is 4.93. The zero-order chi connectivity index (χ0) is 25.9. The first kappa shape index (κ1) is 28.7. The molecule has 0 unspecified atom stereocenters. The number of carboxylic acids is 3. The van der Waals surface area contributed by atoms with Gasteiger partial charge < -0.3 is 29.3 Å². The molecule has 0 aliphatic carbocycles. The second-order valence-corrected chi connectivity index (χ2v) is 9.10. The van der Waals surface area contributed by atoms with Crippen LogP contribution >= 0.6 is 0 Å². The molecule has 4 N–H and O–H groups in total. The minimum Gasteiger partial charge on any atom is -0.481 e. The van der Waals surface area contributed by atoms with Crippen LogP contribution in [0.2, 0.25) is 0 Å². The number of benzene rings is 1. The van der Waals surface area contributed by atoms with E-state index < -0.39 is 46.5 Å². The second-order valence-electron chi connectivity index (χ2n) is 7.52. The highest BCUT2D eigenvalue weighted by molar-refractivity contribution is 7.86. The molecule has 0 atom stereocenters. The van der Waals surface area contributed by atoms with Crippen molar-refractivity contribution in [1.82, 2.24) is 4.90 Å². The van der Waals surface area contributed by atoms with Crippen LogP contribution in [-0.4, -0.2) is 83.2 Å².